The van der Waals surface area contributed by atoms with E-state index in [1.165, 1.54) is 0 Å². The van der Waals surface area contributed by atoms with Gasteiger partial charge in [-0.05, 0) is 24.6 Å². The van der Waals surface area contributed by atoms with Crippen LogP contribution in [-0.2, 0) is 6.42 Å². The van der Waals surface area contributed by atoms with Gasteiger partial charge in [0.2, 0.25) is 0 Å². The number of rotatable bonds is 2. The van der Waals surface area contributed by atoms with E-state index in [2.05, 4.69) is 16.9 Å². The lowest BCUT2D eigenvalue weighted by Gasteiger charge is -2.06. The Balaban J connectivity index is 2.53. The van der Waals surface area contributed by atoms with Crippen molar-refractivity contribution < 1.29 is 0 Å². The molecule has 0 saturated carbocycles. The Morgan fingerprint density at radius 3 is 2.80 bits per heavy atom. The maximum absolute atomic E-state index is 5.86. The second-order valence-corrected chi connectivity index (χ2v) is 3.61. The summed E-state index contributed by atoms with van der Waals surface area (Å²) in [5.41, 5.74) is 3.20. The zero-order valence-electron chi connectivity index (χ0n) is 8.44. The van der Waals surface area contributed by atoms with E-state index in [1.807, 2.05) is 30.5 Å². The van der Waals surface area contributed by atoms with Crippen LogP contribution >= 0.6 is 11.6 Å². The topological polar surface area (TPSA) is 25.8 Å². The van der Waals surface area contributed by atoms with E-state index >= 15 is 0 Å². The molecule has 15 heavy (non-hydrogen) atoms. The highest BCUT2D eigenvalue weighted by Crippen LogP contribution is 2.23. The molecule has 0 amide bonds. The summed E-state index contributed by atoms with van der Waals surface area (Å²) in [6.07, 6.45) is 4.47. The monoisotopic (exact) mass is 218 g/mol. The second-order valence-electron chi connectivity index (χ2n) is 3.22. The van der Waals surface area contributed by atoms with Crippen molar-refractivity contribution in [1.29, 1.82) is 0 Å². The lowest BCUT2D eigenvalue weighted by Crippen LogP contribution is -1.92. The van der Waals surface area contributed by atoms with Gasteiger partial charge in [-0.2, -0.15) is 0 Å². The highest BCUT2D eigenvalue weighted by molar-refractivity contribution is 6.29. The summed E-state index contributed by atoms with van der Waals surface area (Å²) in [5.74, 6) is 0. The van der Waals surface area contributed by atoms with Gasteiger partial charge < -0.3 is 0 Å². The summed E-state index contributed by atoms with van der Waals surface area (Å²) < 4.78 is 0. The number of aryl methyl sites for hydroxylation is 1. The summed E-state index contributed by atoms with van der Waals surface area (Å²) in [4.78, 5) is 8.40. The normalized spacial score (nSPS) is 10.3. The fraction of sp³-hybridized carbons (Fsp3) is 0.167. The fourth-order valence-electron chi connectivity index (χ4n) is 1.53. The quantitative estimate of drug-likeness (QED) is 0.723. The molecule has 2 rings (SSSR count). The number of aromatic nitrogens is 2. The third-order valence-electron chi connectivity index (χ3n) is 2.25. The first-order valence-electron chi connectivity index (χ1n) is 4.87. The highest BCUT2D eigenvalue weighted by Gasteiger charge is 2.05. The Kier molecular flexibility index (Phi) is 2.97. The molecule has 2 aromatic rings. The molecule has 0 aliphatic rings. The number of pyridine rings is 2. The van der Waals surface area contributed by atoms with Gasteiger partial charge in [-0.25, -0.2) is 4.98 Å². The van der Waals surface area contributed by atoms with Gasteiger partial charge in [0.1, 0.15) is 5.15 Å². The standard InChI is InChI=1S/C12H11ClN2/c1-2-11-10(5-6-12(13)15-11)9-4-3-7-14-8-9/h3-8H,2H2,1H3. The van der Waals surface area contributed by atoms with Crippen LogP contribution in [0, 0.1) is 0 Å². The molecule has 0 bridgehead atoms. The largest absolute Gasteiger partial charge is 0.264 e. The van der Waals surface area contributed by atoms with Gasteiger partial charge in [-0.1, -0.05) is 24.6 Å². The van der Waals surface area contributed by atoms with Crippen molar-refractivity contribution in [2.75, 3.05) is 0 Å². The highest BCUT2D eigenvalue weighted by atomic mass is 35.5. The summed E-state index contributed by atoms with van der Waals surface area (Å²) in [5, 5.41) is 0.541. The molecule has 2 heterocycles. The minimum atomic E-state index is 0.541. The molecule has 0 aliphatic carbocycles. The first kappa shape index (κ1) is 10.1. The van der Waals surface area contributed by atoms with Crippen LogP contribution in [0.3, 0.4) is 0 Å². The molecule has 0 saturated heterocycles. The SMILES string of the molecule is CCc1nc(Cl)ccc1-c1cccnc1. The molecule has 0 unspecified atom stereocenters. The third kappa shape index (κ3) is 2.16. The molecule has 0 spiro atoms. The minimum absolute atomic E-state index is 0.541. The van der Waals surface area contributed by atoms with Crippen LogP contribution < -0.4 is 0 Å². The molecule has 0 aliphatic heterocycles. The Bertz CT molecular complexity index is 454. The van der Waals surface area contributed by atoms with Crippen molar-refractivity contribution in [1.82, 2.24) is 9.97 Å². The van der Waals surface area contributed by atoms with Gasteiger partial charge in [0, 0.05) is 29.2 Å². The molecule has 2 nitrogen and oxygen atoms in total. The van der Waals surface area contributed by atoms with Crippen LogP contribution in [0.25, 0.3) is 11.1 Å². The predicted octanol–water partition coefficient (Wildman–Crippen LogP) is 3.36. The van der Waals surface area contributed by atoms with Gasteiger partial charge >= 0.3 is 0 Å². The van der Waals surface area contributed by atoms with E-state index in [4.69, 9.17) is 11.6 Å². The third-order valence-corrected chi connectivity index (χ3v) is 2.46. The van der Waals surface area contributed by atoms with Crippen LogP contribution in [0.1, 0.15) is 12.6 Å². The van der Waals surface area contributed by atoms with Crippen LogP contribution in [0.5, 0.6) is 0 Å². The van der Waals surface area contributed by atoms with Gasteiger partial charge in [0.25, 0.3) is 0 Å². The van der Waals surface area contributed by atoms with Gasteiger partial charge in [0.05, 0.1) is 0 Å². The van der Waals surface area contributed by atoms with Crippen LogP contribution in [0.2, 0.25) is 5.15 Å². The molecule has 0 aromatic carbocycles. The molecule has 0 atom stereocenters. The van der Waals surface area contributed by atoms with Crippen LogP contribution in [-0.4, -0.2) is 9.97 Å². The maximum atomic E-state index is 5.86. The number of hydrogen-bond acceptors (Lipinski definition) is 2. The van der Waals surface area contributed by atoms with E-state index in [0.717, 1.165) is 23.2 Å². The van der Waals surface area contributed by atoms with Crippen molar-refractivity contribution in [2.24, 2.45) is 0 Å². The van der Waals surface area contributed by atoms with Crippen LogP contribution in [0.15, 0.2) is 36.7 Å². The number of nitrogens with zero attached hydrogens (tertiary/aromatic N) is 2. The maximum Gasteiger partial charge on any atom is 0.129 e. The Morgan fingerprint density at radius 1 is 1.27 bits per heavy atom. The van der Waals surface area contributed by atoms with E-state index < -0.39 is 0 Å². The molecule has 76 valence electrons. The number of halogens is 1. The second kappa shape index (κ2) is 4.41. The molecule has 3 heteroatoms. The van der Waals surface area contributed by atoms with Gasteiger partial charge in [-0.15, -0.1) is 0 Å². The van der Waals surface area contributed by atoms with Crippen molar-refractivity contribution in [3.63, 3.8) is 0 Å². The lowest BCUT2D eigenvalue weighted by atomic mass is 10.1. The van der Waals surface area contributed by atoms with E-state index in [9.17, 15) is 0 Å². The molecule has 0 fully saturated rings. The zero-order valence-corrected chi connectivity index (χ0v) is 9.20. The summed E-state index contributed by atoms with van der Waals surface area (Å²) in [7, 11) is 0. The van der Waals surface area contributed by atoms with Gasteiger partial charge in [-0.3, -0.25) is 4.98 Å². The molecular formula is C12H11ClN2. The lowest BCUT2D eigenvalue weighted by molar-refractivity contribution is 1.04. The zero-order chi connectivity index (χ0) is 10.7. The average molecular weight is 219 g/mol. The summed E-state index contributed by atoms with van der Waals surface area (Å²) in [6.45, 7) is 2.07. The molecule has 2 aromatic heterocycles. The van der Waals surface area contributed by atoms with Crippen molar-refractivity contribution in [3.8, 4) is 11.1 Å². The van der Waals surface area contributed by atoms with E-state index in [0.29, 0.717) is 5.15 Å². The first-order chi connectivity index (χ1) is 7.31. The fourth-order valence-corrected chi connectivity index (χ4v) is 1.69. The summed E-state index contributed by atoms with van der Waals surface area (Å²) in [6, 6.07) is 7.74. The van der Waals surface area contributed by atoms with Crippen molar-refractivity contribution in [2.45, 2.75) is 13.3 Å². The van der Waals surface area contributed by atoms with E-state index in [-0.39, 0.29) is 0 Å². The Hall–Kier alpha value is -1.41. The molecule has 0 N–H and O–H groups in total. The smallest absolute Gasteiger partial charge is 0.129 e. The van der Waals surface area contributed by atoms with Crippen molar-refractivity contribution >= 4 is 11.6 Å². The average Bonchev–Trinajstić information content (AvgIpc) is 2.30. The van der Waals surface area contributed by atoms with E-state index in [1.54, 1.807) is 6.20 Å². The van der Waals surface area contributed by atoms with Crippen molar-refractivity contribution in [3.05, 3.63) is 47.5 Å². The van der Waals surface area contributed by atoms with Gasteiger partial charge in [0.15, 0.2) is 0 Å². The predicted molar refractivity (Wildman–Crippen MR) is 61.9 cm³/mol. The Labute approximate surface area is 94.0 Å². The summed E-state index contributed by atoms with van der Waals surface area (Å²) >= 11 is 5.86. The Morgan fingerprint density at radius 2 is 2.13 bits per heavy atom. The molecule has 0 radical (unpaired) electrons. The number of hydrogen-bond donors (Lipinski definition) is 0. The minimum Gasteiger partial charge on any atom is -0.264 e. The molecular weight excluding hydrogens is 208 g/mol. The van der Waals surface area contributed by atoms with Crippen LogP contribution in [0.4, 0.5) is 0 Å². The first-order valence-corrected chi connectivity index (χ1v) is 5.25.